The molecular formula is C14H11BrN2O6S. The van der Waals surface area contributed by atoms with Crippen LogP contribution in [0.5, 0.6) is 11.5 Å². The Labute approximate surface area is 145 Å². The Morgan fingerprint density at radius 3 is 2.62 bits per heavy atom. The number of nitro groups is 1. The number of benzene rings is 2. The van der Waals surface area contributed by atoms with Crippen molar-refractivity contribution in [3.8, 4) is 11.5 Å². The molecule has 0 radical (unpaired) electrons. The maximum Gasteiger partial charge on any atom is 0.283 e. The first kappa shape index (κ1) is 16.7. The Bertz CT molecular complexity index is 915. The summed E-state index contributed by atoms with van der Waals surface area (Å²) in [7, 11) is -3.81. The van der Waals surface area contributed by atoms with Crippen LogP contribution >= 0.6 is 15.9 Å². The van der Waals surface area contributed by atoms with Crippen molar-refractivity contribution in [3.05, 3.63) is 56.5 Å². The Morgan fingerprint density at radius 2 is 1.92 bits per heavy atom. The Morgan fingerprint density at radius 1 is 1.17 bits per heavy atom. The highest BCUT2D eigenvalue weighted by molar-refractivity contribution is 9.10. The summed E-state index contributed by atoms with van der Waals surface area (Å²) in [6, 6.07) is 8.64. The smallest absolute Gasteiger partial charge is 0.283 e. The van der Waals surface area contributed by atoms with Gasteiger partial charge in [-0.05, 0) is 45.8 Å². The van der Waals surface area contributed by atoms with Crippen LogP contribution in [0.4, 0.5) is 5.69 Å². The van der Waals surface area contributed by atoms with Crippen molar-refractivity contribution in [2.75, 3.05) is 6.79 Å². The SMILES string of the molecule is O=[N+]([O-])c1ccc(S(=O)(=O)NCc2ccc3c(c2)OCO3)cc1Br. The van der Waals surface area contributed by atoms with E-state index in [0.717, 1.165) is 6.07 Å². The van der Waals surface area contributed by atoms with Crippen LogP contribution in [0, 0.1) is 10.1 Å². The van der Waals surface area contributed by atoms with Gasteiger partial charge in [-0.2, -0.15) is 0 Å². The number of rotatable bonds is 5. The fourth-order valence-corrected chi connectivity index (χ4v) is 3.83. The van der Waals surface area contributed by atoms with E-state index in [9.17, 15) is 18.5 Å². The van der Waals surface area contributed by atoms with E-state index >= 15 is 0 Å². The molecule has 0 aliphatic carbocycles. The molecule has 0 bridgehead atoms. The number of hydrogen-bond acceptors (Lipinski definition) is 6. The molecule has 0 saturated carbocycles. The summed E-state index contributed by atoms with van der Waals surface area (Å²) in [6.45, 7) is 0.189. The van der Waals surface area contributed by atoms with E-state index in [4.69, 9.17) is 9.47 Å². The van der Waals surface area contributed by atoms with Crippen molar-refractivity contribution < 1.29 is 22.8 Å². The van der Waals surface area contributed by atoms with Gasteiger partial charge in [0.2, 0.25) is 16.8 Å². The van der Waals surface area contributed by atoms with Gasteiger partial charge in [-0.15, -0.1) is 0 Å². The predicted molar refractivity (Wildman–Crippen MR) is 87.4 cm³/mol. The van der Waals surface area contributed by atoms with Crippen molar-refractivity contribution in [2.24, 2.45) is 0 Å². The third-order valence-electron chi connectivity index (χ3n) is 3.33. The number of fused-ring (bicyclic) bond motifs is 1. The molecule has 1 heterocycles. The summed E-state index contributed by atoms with van der Waals surface area (Å²) in [5.41, 5.74) is 0.494. The van der Waals surface area contributed by atoms with E-state index in [1.54, 1.807) is 18.2 Å². The molecule has 0 saturated heterocycles. The molecule has 0 amide bonds. The van der Waals surface area contributed by atoms with E-state index in [-0.39, 0.29) is 28.4 Å². The lowest BCUT2D eigenvalue weighted by atomic mass is 10.2. The number of hydrogen-bond donors (Lipinski definition) is 1. The van der Waals surface area contributed by atoms with Crippen LogP contribution in [0.15, 0.2) is 45.8 Å². The first-order chi connectivity index (χ1) is 11.4. The van der Waals surface area contributed by atoms with Gasteiger partial charge >= 0.3 is 0 Å². The molecule has 1 aliphatic rings. The monoisotopic (exact) mass is 414 g/mol. The molecule has 3 rings (SSSR count). The highest BCUT2D eigenvalue weighted by Crippen LogP contribution is 2.32. The fraction of sp³-hybridized carbons (Fsp3) is 0.143. The Kier molecular flexibility index (Phi) is 4.43. The molecule has 24 heavy (non-hydrogen) atoms. The number of sulfonamides is 1. The van der Waals surface area contributed by atoms with Crippen molar-refractivity contribution in [1.82, 2.24) is 4.72 Å². The van der Waals surface area contributed by atoms with Crippen LogP contribution in [0.1, 0.15) is 5.56 Å². The van der Waals surface area contributed by atoms with Crippen molar-refractivity contribution in [3.63, 3.8) is 0 Å². The molecule has 0 spiro atoms. The third-order valence-corrected chi connectivity index (χ3v) is 5.36. The normalized spacial score (nSPS) is 13.0. The molecule has 2 aromatic rings. The number of halogens is 1. The second kappa shape index (κ2) is 6.38. The zero-order chi connectivity index (χ0) is 17.3. The molecule has 8 nitrogen and oxygen atoms in total. The molecule has 0 fully saturated rings. The maximum absolute atomic E-state index is 12.3. The first-order valence-electron chi connectivity index (χ1n) is 6.69. The van der Waals surface area contributed by atoms with Gasteiger partial charge in [-0.3, -0.25) is 10.1 Å². The second-order valence-electron chi connectivity index (χ2n) is 4.88. The molecule has 0 atom stereocenters. The van der Waals surface area contributed by atoms with E-state index < -0.39 is 14.9 Å². The zero-order valence-electron chi connectivity index (χ0n) is 12.1. The molecule has 0 unspecified atom stereocenters. The molecule has 1 N–H and O–H groups in total. The molecule has 126 valence electrons. The molecule has 1 aliphatic heterocycles. The fourth-order valence-electron chi connectivity index (χ4n) is 2.12. The predicted octanol–water partition coefficient (Wildman–Crippen LogP) is 2.56. The Balaban J connectivity index is 1.76. The van der Waals surface area contributed by atoms with Crippen LogP contribution < -0.4 is 14.2 Å². The summed E-state index contributed by atoms with van der Waals surface area (Å²) in [6.07, 6.45) is 0. The minimum Gasteiger partial charge on any atom is -0.454 e. The van der Waals surface area contributed by atoms with Crippen LogP contribution in [0.2, 0.25) is 0 Å². The minimum atomic E-state index is -3.81. The van der Waals surface area contributed by atoms with Crippen molar-refractivity contribution in [2.45, 2.75) is 11.4 Å². The second-order valence-corrected chi connectivity index (χ2v) is 7.50. The highest BCUT2D eigenvalue weighted by atomic mass is 79.9. The van der Waals surface area contributed by atoms with E-state index in [1.165, 1.54) is 12.1 Å². The molecular weight excluding hydrogens is 404 g/mol. The van der Waals surface area contributed by atoms with Gasteiger partial charge in [0.15, 0.2) is 11.5 Å². The average molecular weight is 415 g/mol. The number of ether oxygens (including phenoxy) is 2. The van der Waals surface area contributed by atoms with Gasteiger partial charge in [0.05, 0.1) is 14.3 Å². The van der Waals surface area contributed by atoms with Crippen LogP contribution in [-0.4, -0.2) is 20.1 Å². The lowest BCUT2D eigenvalue weighted by Crippen LogP contribution is -2.23. The van der Waals surface area contributed by atoms with Crippen LogP contribution in [0.25, 0.3) is 0 Å². The largest absolute Gasteiger partial charge is 0.454 e. The summed E-state index contributed by atoms with van der Waals surface area (Å²) in [4.78, 5) is 10.1. The van der Waals surface area contributed by atoms with Crippen molar-refractivity contribution in [1.29, 1.82) is 0 Å². The number of nitrogens with one attached hydrogen (secondary N) is 1. The Hall–Kier alpha value is -2.17. The minimum absolute atomic E-state index is 0.0492. The molecule has 0 aromatic heterocycles. The lowest BCUT2D eigenvalue weighted by Gasteiger charge is -2.08. The van der Waals surface area contributed by atoms with Gasteiger partial charge < -0.3 is 9.47 Å². The topological polar surface area (TPSA) is 108 Å². The summed E-state index contributed by atoms with van der Waals surface area (Å²) in [5, 5.41) is 10.8. The zero-order valence-corrected chi connectivity index (χ0v) is 14.5. The van der Waals surface area contributed by atoms with Gasteiger partial charge in [0.25, 0.3) is 5.69 Å². The molecule has 2 aromatic carbocycles. The molecule has 10 heteroatoms. The standard InChI is InChI=1S/C14H11BrN2O6S/c15-11-6-10(2-3-12(11)17(18)19)24(20,21)16-7-9-1-4-13-14(5-9)23-8-22-13/h1-6,16H,7-8H2. The van der Waals surface area contributed by atoms with E-state index in [1.807, 2.05) is 0 Å². The maximum atomic E-state index is 12.3. The van der Waals surface area contributed by atoms with Gasteiger partial charge in [0, 0.05) is 12.6 Å². The lowest BCUT2D eigenvalue weighted by molar-refractivity contribution is -0.385. The van der Waals surface area contributed by atoms with Crippen LogP contribution in [-0.2, 0) is 16.6 Å². The van der Waals surface area contributed by atoms with Gasteiger partial charge in [-0.1, -0.05) is 6.07 Å². The van der Waals surface area contributed by atoms with Gasteiger partial charge in [0.1, 0.15) is 0 Å². The van der Waals surface area contributed by atoms with E-state index in [2.05, 4.69) is 20.7 Å². The third kappa shape index (κ3) is 3.35. The van der Waals surface area contributed by atoms with E-state index in [0.29, 0.717) is 17.1 Å². The summed E-state index contributed by atoms with van der Waals surface area (Å²) < 4.78 is 37.6. The summed E-state index contributed by atoms with van der Waals surface area (Å²) in [5.74, 6) is 1.17. The first-order valence-corrected chi connectivity index (χ1v) is 8.96. The quantitative estimate of drug-likeness (QED) is 0.594. The van der Waals surface area contributed by atoms with Crippen LogP contribution in [0.3, 0.4) is 0 Å². The van der Waals surface area contributed by atoms with Crippen molar-refractivity contribution >= 4 is 31.6 Å². The summed E-state index contributed by atoms with van der Waals surface area (Å²) >= 11 is 3.01. The number of nitro benzene ring substituents is 1. The van der Waals surface area contributed by atoms with Gasteiger partial charge in [-0.25, -0.2) is 13.1 Å². The average Bonchev–Trinajstić information content (AvgIpc) is 3.00. The number of nitrogens with zero attached hydrogens (tertiary/aromatic N) is 1. The highest BCUT2D eigenvalue weighted by Gasteiger charge is 2.20.